The van der Waals surface area contributed by atoms with Crippen molar-refractivity contribution >= 4 is 17.6 Å². The van der Waals surface area contributed by atoms with Crippen molar-refractivity contribution in [3.63, 3.8) is 0 Å². The number of hydrogen-bond acceptors (Lipinski definition) is 4. The molecule has 1 amide bonds. The molecule has 1 aliphatic rings. The molecule has 0 aliphatic carbocycles. The Morgan fingerprint density at radius 3 is 2.50 bits per heavy atom. The second-order valence-corrected chi connectivity index (χ2v) is 5.30. The lowest BCUT2D eigenvalue weighted by Crippen LogP contribution is -2.63. The molecular weight excluding hydrogens is 260 g/mol. The Morgan fingerprint density at radius 1 is 1.35 bits per heavy atom. The zero-order chi connectivity index (χ0) is 14.8. The number of amides is 1. The summed E-state index contributed by atoms with van der Waals surface area (Å²) in [5.41, 5.74) is 6.61. The number of carboxylic acid groups (broad SMARTS) is 1. The van der Waals surface area contributed by atoms with Crippen LogP contribution in [0.3, 0.4) is 0 Å². The van der Waals surface area contributed by atoms with Gasteiger partial charge in [0.15, 0.2) is 0 Å². The largest absolute Gasteiger partial charge is 0.480 e. The van der Waals surface area contributed by atoms with E-state index < -0.39 is 11.6 Å². The third-order valence-corrected chi connectivity index (χ3v) is 3.28. The number of nitrogens with two attached hydrogens (primary N) is 1. The Hall–Kier alpha value is -2.08. The van der Waals surface area contributed by atoms with E-state index in [0.717, 1.165) is 5.56 Å². The van der Waals surface area contributed by atoms with Crippen molar-refractivity contribution in [3.8, 4) is 0 Å². The van der Waals surface area contributed by atoms with Crippen LogP contribution >= 0.6 is 0 Å². The zero-order valence-electron chi connectivity index (χ0n) is 11.3. The molecule has 0 aromatic heterocycles. The Balaban J connectivity index is 1.81. The van der Waals surface area contributed by atoms with E-state index in [9.17, 15) is 9.59 Å². The number of ether oxygens (including phenoxy) is 1. The lowest BCUT2D eigenvalue weighted by molar-refractivity contribution is -0.172. The molecule has 1 aliphatic heterocycles. The molecule has 0 spiro atoms. The van der Waals surface area contributed by atoms with Crippen LogP contribution in [0.2, 0.25) is 0 Å². The summed E-state index contributed by atoms with van der Waals surface area (Å²) in [4.78, 5) is 24.1. The van der Waals surface area contributed by atoms with Gasteiger partial charge in [-0.05, 0) is 24.6 Å². The minimum atomic E-state index is -1.00. The number of benzene rings is 1. The smallest absolute Gasteiger partial charge is 0.329 e. The number of likely N-dealkylation sites (tertiary alicyclic amines) is 1. The highest BCUT2D eigenvalue weighted by Gasteiger charge is 2.42. The summed E-state index contributed by atoms with van der Waals surface area (Å²) < 4.78 is 5.26. The maximum Gasteiger partial charge on any atom is 0.329 e. The summed E-state index contributed by atoms with van der Waals surface area (Å²) in [6, 6.07) is 7.18. The van der Waals surface area contributed by atoms with Gasteiger partial charge in [0, 0.05) is 5.69 Å². The molecule has 0 saturated carbocycles. The molecule has 1 heterocycles. The molecule has 108 valence electrons. The maximum atomic E-state index is 12.0. The molecule has 1 aromatic rings. The van der Waals surface area contributed by atoms with E-state index in [1.54, 1.807) is 17.0 Å². The van der Waals surface area contributed by atoms with Crippen LogP contribution < -0.4 is 5.73 Å². The van der Waals surface area contributed by atoms with Crippen molar-refractivity contribution < 1.29 is 19.4 Å². The number of nitrogen functional groups attached to an aromatic ring is 1. The highest BCUT2D eigenvalue weighted by Crippen LogP contribution is 2.25. The lowest BCUT2D eigenvalue weighted by Gasteiger charge is -2.47. The van der Waals surface area contributed by atoms with Crippen molar-refractivity contribution in [2.75, 3.05) is 25.4 Å². The van der Waals surface area contributed by atoms with Gasteiger partial charge in [-0.3, -0.25) is 4.79 Å². The van der Waals surface area contributed by atoms with E-state index in [0.29, 0.717) is 25.2 Å². The van der Waals surface area contributed by atoms with Crippen molar-refractivity contribution in [2.24, 2.45) is 0 Å². The van der Waals surface area contributed by atoms with Crippen LogP contribution in [-0.4, -0.2) is 47.2 Å². The average Bonchev–Trinajstić information content (AvgIpc) is 2.35. The Labute approximate surface area is 117 Å². The molecule has 20 heavy (non-hydrogen) atoms. The van der Waals surface area contributed by atoms with Crippen molar-refractivity contribution in [2.45, 2.75) is 18.9 Å². The molecule has 0 radical (unpaired) electrons. The number of carboxylic acids is 1. The number of rotatable bonds is 5. The summed E-state index contributed by atoms with van der Waals surface area (Å²) >= 11 is 0. The molecular formula is C14H18N2O4. The topological polar surface area (TPSA) is 92.9 Å². The van der Waals surface area contributed by atoms with Crippen LogP contribution in [0.5, 0.6) is 0 Å². The number of nitrogens with zero attached hydrogens (tertiary/aromatic N) is 1. The predicted molar refractivity (Wildman–Crippen MR) is 73.1 cm³/mol. The summed E-state index contributed by atoms with van der Waals surface area (Å²) in [6.07, 6.45) is 0.315. The van der Waals surface area contributed by atoms with E-state index in [1.807, 2.05) is 19.1 Å². The zero-order valence-corrected chi connectivity index (χ0v) is 11.3. The van der Waals surface area contributed by atoms with Crippen LogP contribution in [0.1, 0.15) is 12.5 Å². The summed E-state index contributed by atoms with van der Waals surface area (Å²) in [5.74, 6) is -0.996. The normalized spacial score (nSPS) is 16.6. The van der Waals surface area contributed by atoms with Gasteiger partial charge in [0.25, 0.3) is 0 Å². The van der Waals surface area contributed by atoms with Gasteiger partial charge in [0.05, 0.1) is 19.5 Å². The van der Waals surface area contributed by atoms with E-state index in [1.165, 1.54) is 0 Å². The summed E-state index contributed by atoms with van der Waals surface area (Å²) in [7, 11) is 0. The van der Waals surface area contributed by atoms with Gasteiger partial charge in [-0.2, -0.15) is 0 Å². The first-order valence-electron chi connectivity index (χ1n) is 6.36. The van der Waals surface area contributed by atoms with Gasteiger partial charge in [-0.15, -0.1) is 0 Å². The van der Waals surface area contributed by atoms with Crippen LogP contribution in [0.25, 0.3) is 0 Å². The Kier molecular flexibility index (Phi) is 3.94. The standard InChI is InChI=1S/C14H18N2O4/c1-14(20-7-13(18)19)8-16(9-14)12(17)6-10-2-4-11(15)5-3-10/h2-5H,6-9,15H2,1H3,(H,18,19). The minimum absolute atomic E-state index is 0.00571. The van der Waals surface area contributed by atoms with Crippen molar-refractivity contribution in [3.05, 3.63) is 29.8 Å². The molecule has 1 fully saturated rings. The van der Waals surface area contributed by atoms with E-state index >= 15 is 0 Å². The SMILES string of the molecule is CC1(OCC(=O)O)CN(C(=O)Cc2ccc(N)cc2)C1. The highest BCUT2D eigenvalue weighted by molar-refractivity contribution is 5.80. The molecule has 2 rings (SSSR count). The first-order chi connectivity index (χ1) is 9.38. The van der Waals surface area contributed by atoms with Crippen LogP contribution in [0.4, 0.5) is 5.69 Å². The van der Waals surface area contributed by atoms with Crippen LogP contribution in [0.15, 0.2) is 24.3 Å². The molecule has 0 unspecified atom stereocenters. The quantitative estimate of drug-likeness (QED) is 0.766. The fourth-order valence-corrected chi connectivity index (χ4v) is 2.19. The number of hydrogen-bond donors (Lipinski definition) is 2. The van der Waals surface area contributed by atoms with Gasteiger partial charge in [-0.25, -0.2) is 4.79 Å². The molecule has 6 nitrogen and oxygen atoms in total. The fourth-order valence-electron chi connectivity index (χ4n) is 2.19. The van der Waals surface area contributed by atoms with E-state index in [2.05, 4.69) is 0 Å². The molecule has 0 bridgehead atoms. The molecule has 6 heteroatoms. The van der Waals surface area contributed by atoms with E-state index in [-0.39, 0.29) is 12.5 Å². The molecule has 3 N–H and O–H groups in total. The van der Waals surface area contributed by atoms with Gasteiger partial charge in [-0.1, -0.05) is 12.1 Å². The third-order valence-electron chi connectivity index (χ3n) is 3.28. The van der Waals surface area contributed by atoms with Crippen LogP contribution in [0, 0.1) is 0 Å². The molecule has 0 atom stereocenters. The maximum absolute atomic E-state index is 12.0. The summed E-state index contributed by atoms with van der Waals surface area (Å²) in [6.45, 7) is 2.32. The second kappa shape index (κ2) is 5.50. The third kappa shape index (κ3) is 3.48. The second-order valence-electron chi connectivity index (χ2n) is 5.30. The molecule has 1 aromatic carbocycles. The number of carbonyl (C=O) groups excluding carboxylic acids is 1. The highest BCUT2D eigenvalue weighted by atomic mass is 16.5. The molecule has 1 saturated heterocycles. The predicted octanol–water partition coefficient (Wildman–Crippen LogP) is 0.513. The van der Waals surface area contributed by atoms with E-state index in [4.69, 9.17) is 15.6 Å². The number of carbonyl (C=O) groups is 2. The monoisotopic (exact) mass is 278 g/mol. The first-order valence-corrected chi connectivity index (χ1v) is 6.36. The first kappa shape index (κ1) is 14.3. The Bertz CT molecular complexity index is 506. The number of anilines is 1. The van der Waals surface area contributed by atoms with Crippen molar-refractivity contribution in [1.29, 1.82) is 0 Å². The Morgan fingerprint density at radius 2 is 1.95 bits per heavy atom. The van der Waals surface area contributed by atoms with Gasteiger partial charge in [0.1, 0.15) is 12.2 Å². The van der Waals surface area contributed by atoms with Gasteiger partial charge < -0.3 is 20.5 Å². The van der Waals surface area contributed by atoms with Gasteiger partial charge in [0.2, 0.25) is 5.91 Å². The van der Waals surface area contributed by atoms with Crippen LogP contribution in [-0.2, 0) is 20.7 Å². The lowest BCUT2D eigenvalue weighted by atomic mass is 9.95. The summed E-state index contributed by atoms with van der Waals surface area (Å²) in [5, 5.41) is 8.57. The van der Waals surface area contributed by atoms with Gasteiger partial charge >= 0.3 is 5.97 Å². The number of aliphatic carboxylic acids is 1. The average molecular weight is 278 g/mol. The van der Waals surface area contributed by atoms with Crippen molar-refractivity contribution in [1.82, 2.24) is 4.90 Å². The minimum Gasteiger partial charge on any atom is -0.480 e. The fraction of sp³-hybridized carbons (Fsp3) is 0.429.